The van der Waals surface area contributed by atoms with Crippen LogP contribution in [0.4, 0.5) is 0 Å². The smallest absolute Gasteiger partial charge is 0.253 e. The van der Waals surface area contributed by atoms with Gasteiger partial charge in [0, 0.05) is 31.7 Å². The van der Waals surface area contributed by atoms with Gasteiger partial charge in [0.1, 0.15) is 4.90 Å². The zero-order valence-corrected chi connectivity index (χ0v) is 15.4. The van der Waals surface area contributed by atoms with Crippen LogP contribution in [0.2, 0.25) is 5.02 Å². The lowest BCUT2D eigenvalue weighted by molar-refractivity contribution is 0.0785. The Morgan fingerprint density at radius 2 is 1.79 bits per heavy atom. The Labute approximate surface area is 148 Å². The highest BCUT2D eigenvalue weighted by Gasteiger charge is 2.32. The maximum absolute atomic E-state index is 13.0. The molecule has 0 spiro atoms. The van der Waals surface area contributed by atoms with Crippen molar-refractivity contribution in [3.8, 4) is 0 Å². The van der Waals surface area contributed by atoms with Gasteiger partial charge < -0.3 is 4.90 Å². The molecule has 1 heterocycles. The normalized spacial score (nSPS) is 19.8. The zero-order chi connectivity index (χ0) is 17.3. The largest absolute Gasteiger partial charge is 0.339 e. The van der Waals surface area contributed by atoms with Crippen LogP contribution in [-0.4, -0.2) is 49.7 Å². The Hall–Kier alpha value is -1.11. The molecule has 1 aliphatic heterocycles. The molecule has 1 saturated heterocycles. The van der Waals surface area contributed by atoms with Gasteiger partial charge in [0.15, 0.2) is 0 Å². The molecule has 1 aromatic carbocycles. The number of sulfonamides is 1. The third kappa shape index (κ3) is 3.60. The molecule has 24 heavy (non-hydrogen) atoms. The molecule has 1 aliphatic carbocycles. The van der Waals surface area contributed by atoms with E-state index in [0.717, 1.165) is 38.5 Å². The summed E-state index contributed by atoms with van der Waals surface area (Å²) in [5.41, 5.74) is 0.377. The molecule has 0 aromatic heterocycles. The molecule has 1 amide bonds. The predicted molar refractivity (Wildman–Crippen MR) is 93.8 cm³/mol. The molecular formula is C17H23ClN2O3S. The van der Waals surface area contributed by atoms with Crippen molar-refractivity contribution in [2.45, 2.75) is 49.5 Å². The minimum atomic E-state index is -3.67. The topological polar surface area (TPSA) is 57.7 Å². The standard InChI is InChI=1S/C17H23ClN2O3S/c1-19(14-7-8-14)17(21)13-6-9-15(18)16(12-13)24(22,23)20-10-4-2-3-5-11-20/h6,9,12,14H,2-5,7-8,10-11H2,1H3. The van der Waals surface area contributed by atoms with Gasteiger partial charge in [-0.2, -0.15) is 4.31 Å². The maximum atomic E-state index is 13.0. The van der Waals surface area contributed by atoms with Crippen molar-refractivity contribution in [1.82, 2.24) is 9.21 Å². The van der Waals surface area contributed by atoms with Gasteiger partial charge in [0.05, 0.1) is 5.02 Å². The third-order valence-corrected chi connectivity index (χ3v) is 7.16. The second-order valence-corrected chi connectivity index (χ2v) is 8.92. The molecule has 0 radical (unpaired) electrons. The van der Waals surface area contributed by atoms with Crippen LogP contribution < -0.4 is 0 Å². The zero-order valence-electron chi connectivity index (χ0n) is 13.9. The molecule has 3 rings (SSSR count). The highest BCUT2D eigenvalue weighted by Crippen LogP contribution is 2.30. The molecule has 7 heteroatoms. The van der Waals surface area contributed by atoms with Crippen LogP contribution >= 0.6 is 11.6 Å². The van der Waals surface area contributed by atoms with Crippen LogP contribution in [0.15, 0.2) is 23.1 Å². The first-order valence-corrected chi connectivity index (χ1v) is 10.3. The van der Waals surface area contributed by atoms with Crippen molar-refractivity contribution < 1.29 is 13.2 Å². The van der Waals surface area contributed by atoms with Crippen molar-refractivity contribution in [2.24, 2.45) is 0 Å². The van der Waals surface area contributed by atoms with Crippen molar-refractivity contribution in [1.29, 1.82) is 0 Å². The van der Waals surface area contributed by atoms with Crippen LogP contribution in [0.5, 0.6) is 0 Å². The van der Waals surface area contributed by atoms with Crippen molar-refractivity contribution in [3.05, 3.63) is 28.8 Å². The van der Waals surface area contributed by atoms with Crippen LogP contribution in [0, 0.1) is 0 Å². The van der Waals surface area contributed by atoms with Crippen LogP contribution in [0.3, 0.4) is 0 Å². The van der Waals surface area contributed by atoms with E-state index in [1.165, 1.54) is 16.4 Å². The quantitative estimate of drug-likeness (QED) is 0.818. The summed E-state index contributed by atoms with van der Waals surface area (Å²) in [4.78, 5) is 14.3. The number of rotatable bonds is 4. The summed E-state index contributed by atoms with van der Waals surface area (Å²) in [6.07, 6.45) is 5.83. The van der Waals surface area contributed by atoms with Crippen molar-refractivity contribution in [2.75, 3.05) is 20.1 Å². The van der Waals surface area contributed by atoms with E-state index in [0.29, 0.717) is 18.7 Å². The average Bonchev–Trinajstić information content (AvgIpc) is 3.40. The van der Waals surface area contributed by atoms with E-state index in [-0.39, 0.29) is 21.9 Å². The molecule has 5 nitrogen and oxygen atoms in total. The fraction of sp³-hybridized carbons (Fsp3) is 0.588. The molecule has 0 atom stereocenters. The van der Waals surface area contributed by atoms with E-state index in [2.05, 4.69) is 0 Å². The number of nitrogens with zero attached hydrogens (tertiary/aromatic N) is 2. The molecule has 0 N–H and O–H groups in total. The van der Waals surface area contributed by atoms with Gasteiger partial charge in [0.2, 0.25) is 10.0 Å². The first kappa shape index (κ1) is 17.7. The second-order valence-electron chi connectivity index (χ2n) is 6.61. The lowest BCUT2D eigenvalue weighted by Crippen LogP contribution is -2.33. The molecule has 2 aliphatic rings. The SMILES string of the molecule is CN(C(=O)c1ccc(Cl)c(S(=O)(=O)N2CCCCCC2)c1)C1CC1. The molecule has 0 unspecified atom stereocenters. The van der Waals surface area contributed by atoms with E-state index in [1.54, 1.807) is 18.0 Å². The number of halogens is 1. The van der Waals surface area contributed by atoms with Crippen LogP contribution in [-0.2, 0) is 10.0 Å². The van der Waals surface area contributed by atoms with E-state index in [4.69, 9.17) is 11.6 Å². The van der Waals surface area contributed by atoms with E-state index >= 15 is 0 Å². The lowest BCUT2D eigenvalue weighted by atomic mass is 10.2. The molecule has 2 fully saturated rings. The Morgan fingerprint density at radius 1 is 1.17 bits per heavy atom. The summed E-state index contributed by atoms with van der Waals surface area (Å²) in [5.74, 6) is -0.151. The first-order chi connectivity index (χ1) is 11.4. The number of carbonyl (C=O) groups excluding carboxylic acids is 1. The summed E-state index contributed by atoms with van der Waals surface area (Å²) in [7, 11) is -1.91. The van der Waals surface area contributed by atoms with Gasteiger partial charge in [-0.05, 0) is 43.9 Å². The first-order valence-electron chi connectivity index (χ1n) is 8.48. The van der Waals surface area contributed by atoms with Crippen molar-refractivity contribution >= 4 is 27.5 Å². The third-order valence-electron chi connectivity index (χ3n) is 4.78. The molecular weight excluding hydrogens is 348 g/mol. The summed E-state index contributed by atoms with van der Waals surface area (Å²) in [5, 5.41) is 0.171. The summed E-state index contributed by atoms with van der Waals surface area (Å²) >= 11 is 6.17. The molecule has 1 aromatic rings. The second kappa shape index (κ2) is 7.02. The Bertz CT molecular complexity index is 723. The van der Waals surface area contributed by atoms with Gasteiger partial charge in [0.25, 0.3) is 5.91 Å². The molecule has 132 valence electrons. The lowest BCUT2D eigenvalue weighted by Gasteiger charge is -2.22. The number of amides is 1. The molecule has 1 saturated carbocycles. The highest BCUT2D eigenvalue weighted by molar-refractivity contribution is 7.89. The Morgan fingerprint density at radius 3 is 2.38 bits per heavy atom. The Kier molecular flexibility index (Phi) is 5.18. The van der Waals surface area contributed by atoms with Gasteiger partial charge in [-0.15, -0.1) is 0 Å². The predicted octanol–water partition coefficient (Wildman–Crippen LogP) is 3.14. The van der Waals surface area contributed by atoms with Crippen LogP contribution in [0.1, 0.15) is 48.9 Å². The average molecular weight is 371 g/mol. The number of hydrogen-bond donors (Lipinski definition) is 0. The van der Waals surface area contributed by atoms with E-state index in [1.807, 2.05) is 0 Å². The number of hydrogen-bond acceptors (Lipinski definition) is 3. The fourth-order valence-corrected chi connectivity index (χ4v) is 5.10. The van der Waals surface area contributed by atoms with E-state index < -0.39 is 10.0 Å². The van der Waals surface area contributed by atoms with Gasteiger partial charge >= 0.3 is 0 Å². The highest BCUT2D eigenvalue weighted by atomic mass is 35.5. The van der Waals surface area contributed by atoms with Crippen LogP contribution in [0.25, 0.3) is 0 Å². The minimum Gasteiger partial charge on any atom is -0.339 e. The monoisotopic (exact) mass is 370 g/mol. The van der Waals surface area contributed by atoms with Gasteiger partial charge in [-0.3, -0.25) is 4.79 Å². The maximum Gasteiger partial charge on any atom is 0.253 e. The van der Waals surface area contributed by atoms with Gasteiger partial charge in [-0.25, -0.2) is 8.42 Å². The van der Waals surface area contributed by atoms with E-state index in [9.17, 15) is 13.2 Å². The minimum absolute atomic E-state index is 0.0427. The van der Waals surface area contributed by atoms with Crippen molar-refractivity contribution in [3.63, 3.8) is 0 Å². The number of benzene rings is 1. The number of carbonyl (C=O) groups is 1. The summed E-state index contributed by atoms with van der Waals surface area (Å²) in [6, 6.07) is 4.83. The fourth-order valence-electron chi connectivity index (χ4n) is 3.09. The molecule has 0 bridgehead atoms. The van der Waals surface area contributed by atoms with Gasteiger partial charge in [-0.1, -0.05) is 24.4 Å². The summed E-state index contributed by atoms with van der Waals surface area (Å²) in [6.45, 7) is 1.03. The Balaban J connectivity index is 1.91. The summed E-state index contributed by atoms with van der Waals surface area (Å²) < 4.78 is 27.4.